The molecule has 1 aromatic carbocycles. The highest BCUT2D eigenvalue weighted by atomic mass is 32.3. The molecule has 1 heterocycles. The van der Waals surface area contributed by atoms with Crippen LogP contribution in [-0.2, 0) is 16.8 Å². The maximum atomic E-state index is 12.3. The van der Waals surface area contributed by atoms with Gasteiger partial charge in [-0.2, -0.15) is 8.42 Å². The van der Waals surface area contributed by atoms with Crippen molar-refractivity contribution in [2.24, 2.45) is 0 Å². The zero-order chi connectivity index (χ0) is 11.8. The van der Waals surface area contributed by atoms with E-state index in [1.807, 2.05) is 0 Å². The predicted molar refractivity (Wildman–Crippen MR) is 55.4 cm³/mol. The van der Waals surface area contributed by atoms with Gasteiger partial charge in [-0.05, 0) is 12.1 Å². The summed E-state index contributed by atoms with van der Waals surface area (Å²) in [6.07, 6.45) is 0. The van der Waals surface area contributed by atoms with Gasteiger partial charge in [0.15, 0.2) is 5.58 Å². The summed E-state index contributed by atoms with van der Waals surface area (Å²) in [5, 5.41) is 0. The van der Waals surface area contributed by atoms with Gasteiger partial charge < -0.3 is 4.42 Å². The number of para-hydroxylation sites is 2. The molecule has 0 unspecified atom stereocenters. The number of aryl methyl sites for hydroxylation is 1. The molecule has 7 heteroatoms. The summed E-state index contributed by atoms with van der Waals surface area (Å²) in [5.74, 6) is -1.43. The van der Waals surface area contributed by atoms with Crippen molar-refractivity contribution in [3.63, 3.8) is 0 Å². The number of benzene rings is 1. The van der Waals surface area contributed by atoms with Gasteiger partial charge in [0.05, 0.1) is 11.3 Å². The Labute approximate surface area is 90.3 Å². The van der Waals surface area contributed by atoms with Crippen LogP contribution in [0.3, 0.4) is 0 Å². The van der Waals surface area contributed by atoms with E-state index in [-0.39, 0.29) is 6.54 Å². The molecular formula is C9H8FNO4S. The van der Waals surface area contributed by atoms with E-state index in [2.05, 4.69) is 0 Å². The molecule has 5 nitrogen and oxygen atoms in total. The summed E-state index contributed by atoms with van der Waals surface area (Å²) in [7, 11) is -4.59. The molecule has 2 aromatic rings. The summed E-state index contributed by atoms with van der Waals surface area (Å²) < 4.78 is 39.0. The third-order valence-electron chi connectivity index (χ3n) is 2.13. The van der Waals surface area contributed by atoms with Crippen LogP contribution < -0.4 is 5.76 Å². The zero-order valence-corrected chi connectivity index (χ0v) is 8.91. The molecule has 1 aromatic heterocycles. The van der Waals surface area contributed by atoms with Crippen molar-refractivity contribution in [2.45, 2.75) is 6.54 Å². The number of oxazole rings is 1. The topological polar surface area (TPSA) is 69.3 Å². The molecule has 0 fully saturated rings. The molecule has 0 saturated carbocycles. The summed E-state index contributed by atoms with van der Waals surface area (Å²) >= 11 is 0. The van der Waals surface area contributed by atoms with E-state index in [0.717, 1.165) is 4.57 Å². The molecule has 0 aliphatic rings. The van der Waals surface area contributed by atoms with Crippen molar-refractivity contribution in [3.05, 3.63) is 34.8 Å². The monoisotopic (exact) mass is 245 g/mol. The Kier molecular flexibility index (Phi) is 2.55. The Morgan fingerprint density at radius 2 is 2.00 bits per heavy atom. The van der Waals surface area contributed by atoms with Crippen LogP contribution in [0.2, 0.25) is 0 Å². The Morgan fingerprint density at radius 1 is 1.31 bits per heavy atom. The molecule has 2 rings (SSSR count). The molecule has 0 bridgehead atoms. The molecule has 0 amide bonds. The minimum atomic E-state index is -4.59. The average Bonchev–Trinajstić information content (AvgIpc) is 2.49. The fraction of sp³-hybridized carbons (Fsp3) is 0.222. The van der Waals surface area contributed by atoms with Crippen molar-refractivity contribution in [1.29, 1.82) is 0 Å². The fourth-order valence-corrected chi connectivity index (χ4v) is 1.83. The summed E-state index contributed by atoms with van der Waals surface area (Å²) in [6.45, 7) is -0.255. The Bertz CT molecular complexity index is 670. The lowest BCUT2D eigenvalue weighted by molar-refractivity contribution is 0.506. The van der Waals surface area contributed by atoms with E-state index in [9.17, 15) is 17.1 Å². The van der Waals surface area contributed by atoms with Gasteiger partial charge in [0.1, 0.15) is 0 Å². The van der Waals surface area contributed by atoms with Crippen molar-refractivity contribution < 1.29 is 16.7 Å². The molecule has 0 N–H and O–H groups in total. The minimum absolute atomic E-state index is 0.255. The average molecular weight is 245 g/mol. The highest BCUT2D eigenvalue weighted by Gasteiger charge is 2.12. The van der Waals surface area contributed by atoms with Crippen LogP contribution in [0.1, 0.15) is 0 Å². The van der Waals surface area contributed by atoms with Gasteiger partial charge >= 0.3 is 16.0 Å². The van der Waals surface area contributed by atoms with Gasteiger partial charge in [0, 0.05) is 6.54 Å². The van der Waals surface area contributed by atoms with Crippen molar-refractivity contribution in [2.75, 3.05) is 5.75 Å². The number of halogens is 1. The number of nitrogens with zero attached hydrogens (tertiary/aromatic N) is 1. The standard InChI is InChI=1S/C9H8FNO4S/c10-16(13,14)6-5-11-7-3-1-2-4-8(7)15-9(11)12/h1-4H,5-6H2. The first kappa shape index (κ1) is 10.9. The molecule has 0 atom stereocenters. The van der Waals surface area contributed by atoms with E-state index in [1.165, 1.54) is 0 Å². The first-order chi connectivity index (χ1) is 7.47. The van der Waals surface area contributed by atoms with Crippen LogP contribution >= 0.6 is 0 Å². The van der Waals surface area contributed by atoms with Crippen molar-refractivity contribution in [3.8, 4) is 0 Å². The van der Waals surface area contributed by atoms with Crippen molar-refractivity contribution >= 4 is 21.3 Å². The lowest BCUT2D eigenvalue weighted by atomic mass is 10.3. The first-order valence-corrected chi connectivity index (χ1v) is 6.03. The minimum Gasteiger partial charge on any atom is -0.408 e. The van der Waals surface area contributed by atoms with Crippen LogP contribution in [0, 0.1) is 0 Å². The molecule has 86 valence electrons. The lowest BCUT2D eigenvalue weighted by Crippen LogP contribution is -2.18. The van der Waals surface area contributed by atoms with Gasteiger partial charge in [0.25, 0.3) is 0 Å². The quantitative estimate of drug-likeness (QED) is 0.753. The van der Waals surface area contributed by atoms with E-state index in [0.29, 0.717) is 11.1 Å². The maximum absolute atomic E-state index is 12.3. The number of aromatic nitrogens is 1. The summed E-state index contributed by atoms with van der Waals surface area (Å²) in [5.41, 5.74) is 0.805. The zero-order valence-electron chi connectivity index (χ0n) is 8.09. The third kappa shape index (κ3) is 2.13. The lowest BCUT2D eigenvalue weighted by Gasteiger charge is -1.98. The van der Waals surface area contributed by atoms with Crippen LogP contribution in [0.5, 0.6) is 0 Å². The van der Waals surface area contributed by atoms with Gasteiger partial charge in [-0.1, -0.05) is 12.1 Å². The van der Waals surface area contributed by atoms with E-state index in [4.69, 9.17) is 4.42 Å². The summed E-state index contributed by atoms with van der Waals surface area (Å²) in [6, 6.07) is 6.54. The van der Waals surface area contributed by atoms with Crippen LogP contribution in [0.15, 0.2) is 33.5 Å². The van der Waals surface area contributed by atoms with Crippen LogP contribution in [0.25, 0.3) is 11.1 Å². The molecule has 16 heavy (non-hydrogen) atoms. The SMILES string of the molecule is O=c1oc2ccccc2n1CCS(=O)(=O)F. The Hall–Kier alpha value is -1.63. The first-order valence-electron chi connectivity index (χ1n) is 4.48. The maximum Gasteiger partial charge on any atom is 0.419 e. The Balaban J connectivity index is 2.44. The highest BCUT2D eigenvalue weighted by molar-refractivity contribution is 7.86. The fourth-order valence-electron chi connectivity index (χ4n) is 1.43. The molecular weight excluding hydrogens is 237 g/mol. The van der Waals surface area contributed by atoms with Crippen molar-refractivity contribution in [1.82, 2.24) is 4.57 Å². The van der Waals surface area contributed by atoms with E-state index >= 15 is 0 Å². The molecule has 0 radical (unpaired) electrons. The molecule has 0 saturated heterocycles. The van der Waals surface area contributed by atoms with Gasteiger partial charge in [-0.3, -0.25) is 4.57 Å². The second-order valence-electron chi connectivity index (χ2n) is 3.23. The normalized spacial score (nSPS) is 12.1. The smallest absolute Gasteiger partial charge is 0.408 e. The Morgan fingerprint density at radius 3 is 2.69 bits per heavy atom. The summed E-state index contributed by atoms with van der Waals surface area (Å²) in [4.78, 5) is 11.3. The molecule has 0 aliphatic heterocycles. The largest absolute Gasteiger partial charge is 0.419 e. The number of fused-ring (bicyclic) bond motifs is 1. The van der Waals surface area contributed by atoms with Gasteiger partial charge in [0.2, 0.25) is 0 Å². The van der Waals surface area contributed by atoms with Crippen LogP contribution in [-0.4, -0.2) is 18.7 Å². The molecule has 0 aliphatic carbocycles. The number of hydrogen-bond acceptors (Lipinski definition) is 4. The van der Waals surface area contributed by atoms with E-state index < -0.39 is 21.7 Å². The van der Waals surface area contributed by atoms with Crippen LogP contribution in [0.4, 0.5) is 3.89 Å². The number of rotatable bonds is 3. The number of hydrogen-bond donors (Lipinski definition) is 0. The predicted octanol–water partition coefficient (Wildman–Crippen LogP) is 0.894. The van der Waals surface area contributed by atoms with Gasteiger partial charge in [-0.15, -0.1) is 3.89 Å². The third-order valence-corrected chi connectivity index (χ3v) is 2.80. The van der Waals surface area contributed by atoms with Gasteiger partial charge in [-0.25, -0.2) is 4.79 Å². The second kappa shape index (κ2) is 3.75. The molecule has 0 spiro atoms. The van der Waals surface area contributed by atoms with E-state index in [1.54, 1.807) is 24.3 Å². The highest BCUT2D eigenvalue weighted by Crippen LogP contribution is 2.11. The second-order valence-corrected chi connectivity index (χ2v) is 4.72.